The van der Waals surface area contributed by atoms with E-state index in [0.29, 0.717) is 22.2 Å². The van der Waals surface area contributed by atoms with Crippen molar-refractivity contribution in [2.75, 3.05) is 25.5 Å². The number of anilines is 1. The fourth-order valence-electron chi connectivity index (χ4n) is 2.54. The van der Waals surface area contributed by atoms with Crippen LogP contribution in [0.5, 0.6) is 0 Å². The molecule has 0 unspecified atom stereocenters. The van der Waals surface area contributed by atoms with Crippen LogP contribution in [0, 0.1) is 5.82 Å². The molecule has 132 valence electrons. The number of fused-ring (bicyclic) bond motifs is 1. The Bertz CT molecular complexity index is 958. The lowest BCUT2D eigenvalue weighted by atomic mass is 10.1. The predicted octanol–water partition coefficient (Wildman–Crippen LogP) is 3.11. The van der Waals surface area contributed by atoms with Gasteiger partial charge in [-0.2, -0.15) is 0 Å². The van der Waals surface area contributed by atoms with Crippen LogP contribution in [0.4, 0.5) is 10.1 Å². The third-order valence-electron chi connectivity index (χ3n) is 4.00. The predicted molar refractivity (Wildman–Crippen MR) is 98.5 cm³/mol. The number of pyridine rings is 1. The van der Waals surface area contributed by atoms with Crippen molar-refractivity contribution in [3.8, 4) is 0 Å². The van der Waals surface area contributed by atoms with Gasteiger partial charge in [0.15, 0.2) is 0 Å². The smallest absolute Gasteiger partial charge is 0.260 e. The average Bonchev–Trinajstić information content (AvgIpc) is 2.65. The van der Waals surface area contributed by atoms with Crippen molar-refractivity contribution in [3.05, 3.63) is 72.2 Å². The number of carbonyl (C=O) groups excluding carboxylic acids is 2. The van der Waals surface area contributed by atoms with Crippen LogP contribution in [-0.4, -0.2) is 42.3 Å². The average molecular weight is 351 g/mol. The fourth-order valence-corrected chi connectivity index (χ4v) is 2.54. The minimum absolute atomic E-state index is 0.100. The number of para-hydroxylation sites is 1. The van der Waals surface area contributed by atoms with Crippen LogP contribution in [0.25, 0.3) is 10.9 Å². The van der Waals surface area contributed by atoms with E-state index >= 15 is 0 Å². The molecular weight excluding hydrogens is 333 g/mol. The molecule has 1 aromatic heterocycles. The van der Waals surface area contributed by atoms with E-state index in [4.69, 9.17) is 0 Å². The number of halogens is 1. The van der Waals surface area contributed by atoms with Gasteiger partial charge in [-0.15, -0.1) is 0 Å². The summed E-state index contributed by atoms with van der Waals surface area (Å²) in [5, 5.41) is 0.530. The lowest BCUT2D eigenvalue weighted by Crippen LogP contribution is -2.40. The summed E-state index contributed by atoms with van der Waals surface area (Å²) in [5.74, 6) is -0.973. The van der Waals surface area contributed by atoms with E-state index in [0.717, 1.165) is 0 Å². The number of rotatable bonds is 4. The van der Waals surface area contributed by atoms with Crippen molar-refractivity contribution in [1.82, 2.24) is 9.88 Å². The summed E-state index contributed by atoms with van der Waals surface area (Å²) in [6, 6.07) is 14.7. The first-order chi connectivity index (χ1) is 12.5. The highest BCUT2D eigenvalue weighted by Crippen LogP contribution is 2.20. The number of hydrogen-bond acceptors (Lipinski definition) is 3. The van der Waals surface area contributed by atoms with Gasteiger partial charge in [0.25, 0.3) is 5.91 Å². The SMILES string of the molecule is CN(C)C(=O)CN(C(=O)c1cnc2ccc(F)cc2c1)c1ccccc1. The lowest BCUT2D eigenvalue weighted by molar-refractivity contribution is -0.127. The first-order valence-electron chi connectivity index (χ1n) is 8.08. The molecule has 6 heteroatoms. The molecular formula is C20H18FN3O2. The normalized spacial score (nSPS) is 10.6. The van der Waals surface area contributed by atoms with Crippen molar-refractivity contribution in [1.29, 1.82) is 0 Å². The van der Waals surface area contributed by atoms with Crippen molar-refractivity contribution in [2.24, 2.45) is 0 Å². The number of hydrogen-bond donors (Lipinski definition) is 0. The van der Waals surface area contributed by atoms with E-state index in [1.54, 1.807) is 50.5 Å². The number of likely N-dealkylation sites (N-methyl/N-ethyl adjacent to an activating group) is 1. The molecule has 1 heterocycles. The van der Waals surface area contributed by atoms with E-state index in [1.165, 1.54) is 28.1 Å². The van der Waals surface area contributed by atoms with Crippen LogP contribution < -0.4 is 4.90 Å². The van der Waals surface area contributed by atoms with Gasteiger partial charge in [-0.25, -0.2) is 4.39 Å². The van der Waals surface area contributed by atoms with E-state index < -0.39 is 5.82 Å². The molecule has 3 rings (SSSR count). The first-order valence-corrected chi connectivity index (χ1v) is 8.08. The summed E-state index contributed by atoms with van der Waals surface area (Å²) < 4.78 is 13.5. The van der Waals surface area contributed by atoms with E-state index in [-0.39, 0.29) is 18.4 Å². The van der Waals surface area contributed by atoms with Gasteiger partial charge >= 0.3 is 0 Å². The van der Waals surface area contributed by atoms with Crippen molar-refractivity contribution < 1.29 is 14.0 Å². The molecule has 0 aliphatic heterocycles. The Morgan fingerprint density at radius 1 is 1.04 bits per heavy atom. The number of benzene rings is 2. The van der Waals surface area contributed by atoms with Gasteiger partial charge in [0.1, 0.15) is 12.4 Å². The summed E-state index contributed by atoms with van der Waals surface area (Å²) in [4.78, 5) is 32.3. The molecule has 0 atom stereocenters. The zero-order valence-electron chi connectivity index (χ0n) is 14.5. The molecule has 3 aromatic rings. The van der Waals surface area contributed by atoms with Crippen molar-refractivity contribution >= 4 is 28.4 Å². The fraction of sp³-hybridized carbons (Fsp3) is 0.150. The Morgan fingerprint density at radius 3 is 2.46 bits per heavy atom. The van der Waals surface area contributed by atoms with Crippen LogP contribution in [0.15, 0.2) is 60.8 Å². The molecule has 0 saturated heterocycles. The molecule has 0 bridgehead atoms. The molecule has 0 saturated carbocycles. The Labute approximate surface area is 150 Å². The van der Waals surface area contributed by atoms with E-state index in [2.05, 4.69) is 4.98 Å². The second-order valence-electron chi connectivity index (χ2n) is 6.08. The van der Waals surface area contributed by atoms with Gasteiger partial charge in [0, 0.05) is 31.4 Å². The summed E-state index contributed by atoms with van der Waals surface area (Å²) in [6.07, 6.45) is 1.44. The van der Waals surface area contributed by atoms with Crippen molar-refractivity contribution in [3.63, 3.8) is 0 Å². The van der Waals surface area contributed by atoms with Crippen molar-refractivity contribution in [2.45, 2.75) is 0 Å². The van der Waals surface area contributed by atoms with Crippen LogP contribution >= 0.6 is 0 Å². The highest BCUT2D eigenvalue weighted by Gasteiger charge is 2.22. The Hall–Kier alpha value is -3.28. The number of amides is 2. The third kappa shape index (κ3) is 3.69. The lowest BCUT2D eigenvalue weighted by Gasteiger charge is -2.24. The second kappa shape index (κ2) is 7.31. The minimum Gasteiger partial charge on any atom is -0.347 e. The molecule has 2 aromatic carbocycles. The van der Waals surface area contributed by atoms with Crippen LogP contribution in [0.3, 0.4) is 0 Å². The number of carbonyl (C=O) groups is 2. The van der Waals surface area contributed by atoms with E-state index in [9.17, 15) is 14.0 Å². The Kier molecular flexibility index (Phi) is 4.93. The molecule has 0 fully saturated rings. The maximum atomic E-state index is 13.5. The quantitative estimate of drug-likeness (QED) is 0.726. The monoisotopic (exact) mass is 351 g/mol. The Morgan fingerprint density at radius 2 is 1.77 bits per heavy atom. The molecule has 0 N–H and O–H groups in total. The molecule has 0 aliphatic rings. The van der Waals surface area contributed by atoms with Gasteiger partial charge in [-0.05, 0) is 36.4 Å². The van der Waals surface area contributed by atoms with Gasteiger partial charge in [-0.1, -0.05) is 18.2 Å². The molecule has 2 amide bonds. The zero-order chi connectivity index (χ0) is 18.7. The topological polar surface area (TPSA) is 53.5 Å². The zero-order valence-corrected chi connectivity index (χ0v) is 14.5. The van der Waals surface area contributed by atoms with Gasteiger partial charge < -0.3 is 4.90 Å². The minimum atomic E-state index is -0.397. The second-order valence-corrected chi connectivity index (χ2v) is 6.08. The standard InChI is InChI=1S/C20H18FN3O2/c1-23(2)19(25)13-24(17-6-4-3-5-7-17)20(26)15-10-14-11-16(21)8-9-18(14)22-12-15/h3-12H,13H2,1-2H3. The third-order valence-corrected chi connectivity index (χ3v) is 4.00. The molecule has 5 nitrogen and oxygen atoms in total. The molecule has 26 heavy (non-hydrogen) atoms. The maximum Gasteiger partial charge on any atom is 0.260 e. The highest BCUT2D eigenvalue weighted by molar-refractivity contribution is 6.09. The summed E-state index contributed by atoms with van der Waals surface area (Å²) in [7, 11) is 3.27. The number of aromatic nitrogens is 1. The maximum absolute atomic E-state index is 13.5. The van der Waals surface area contributed by atoms with Crippen LogP contribution in [-0.2, 0) is 4.79 Å². The molecule has 0 spiro atoms. The summed E-state index contributed by atoms with van der Waals surface area (Å²) in [5.41, 5.74) is 1.49. The van der Waals surface area contributed by atoms with Gasteiger partial charge in [0.2, 0.25) is 5.91 Å². The number of nitrogens with zero attached hydrogens (tertiary/aromatic N) is 3. The highest BCUT2D eigenvalue weighted by atomic mass is 19.1. The van der Waals surface area contributed by atoms with Gasteiger partial charge in [0.05, 0.1) is 11.1 Å². The molecule has 0 radical (unpaired) electrons. The summed E-state index contributed by atoms with van der Waals surface area (Å²) in [6.45, 7) is -0.100. The van der Waals surface area contributed by atoms with E-state index in [1.807, 2.05) is 6.07 Å². The largest absolute Gasteiger partial charge is 0.347 e. The summed E-state index contributed by atoms with van der Waals surface area (Å²) >= 11 is 0. The Balaban J connectivity index is 2.00. The van der Waals surface area contributed by atoms with Crippen LogP contribution in [0.2, 0.25) is 0 Å². The van der Waals surface area contributed by atoms with Gasteiger partial charge in [-0.3, -0.25) is 19.5 Å². The van der Waals surface area contributed by atoms with Crippen LogP contribution in [0.1, 0.15) is 10.4 Å². The first kappa shape index (κ1) is 17.5. The molecule has 0 aliphatic carbocycles.